The third-order valence-electron chi connectivity index (χ3n) is 4.69. The smallest absolute Gasteiger partial charge is 0.237 e. The Bertz CT molecular complexity index is 305. The summed E-state index contributed by atoms with van der Waals surface area (Å²) < 4.78 is 0. The Morgan fingerprint density at radius 2 is 2.15 bits per heavy atom. The lowest BCUT2D eigenvalue weighted by Crippen LogP contribution is -2.52. The van der Waals surface area contributed by atoms with E-state index < -0.39 is 0 Å². The number of nitrogens with zero attached hydrogens (tertiary/aromatic N) is 1. The monoisotopic (exact) mass is 283 g/mol. The normalized spacial score (nSPS) is 26.6. The number of aliphatic hydroxyl groups excluding tert-OH is 1. The largest absolute Gasteiger partial charge is 0.396 e. The fraction of sp³-hybridized carbons (Fsp3) is 0.933. The van der Waals surface area contributed by atoms with Crippen LogP contribution in [0.3, 0.4) is 0 Å². The maximum atomic E-state index is 12.5. The van der Waals surface area contributed by atoms with Crippen molar-refractivity contribution in [3.63, 3.8) is 0 Å². The maximum Gasteiger partial charge on any atom is 0.237 e. The van der Waals surface area contributed by atoms with E-state index in [1.54, 1.807) is 0 Å². The Hall–Kier alpha value is -0.650. The molecule has 3 N–H and O–H groups in total. The van der Waals surface area contributed by atoms with Crippen LogP contribution in [0.5, 0.6) is 0 Å². The van der Waals surface area contributed by atoms with E-state index in [0.717, 1.165) is 51.7 Å². The fourth-order valence-electron chi connectivity index (χ4n) is 3.48. The minimum Gasteiger partial charge on any atom is -0.396 e. The van der Waals surface area contributed by atoms with E-state index in [4.69, 9.17) is 5.11 Å². The van der Waals surface area contributed by atoms with Gasteiger partial charge in [-0.1, -0.05) is 6.92 Å². The molecule has 2 aliphatic heterocycles. The standard InChI is InChI=1S/C15H29N3O2/c1-2-12(7-11-19)17-15(20)14-4-3-10-18(14)13-5-8-16-9-6-13/h12-14,16,19H,2-11H2,1H3,(H,17,20). The summed E-state index contributed by atoms with van der Waals surface area (Å²) in [6.45, 7) is 5.38. The second-order valence-electron chi connectivity index (χ2n) is 6.00. The quantitative estimate of drug-likeness (QED) is 0.663. The van der Waals surface area contributed by atoms with Crippen molar-refractivity contribution in [2.75, 3.05) is 26.2 Å². The van der Waals surface area contributed by atoms with E-state index >= 15 is 0 Å². The highest BCUT2D eigenvalue weighted by molar-refractivity contribution is 5.82. The first-order valence-electron chi connectivity index (χ1n) is 8.14. The first-order chi connectivity index (χ1) is 9.76. The predicted octanol–water partition coefficient (Wildman–Crippen LogP) is 0.480. The first-order valence-corrected chi connectivity index (χ1v) is 8.14. The number of hydrogen-bond donors (Lipinski definition) is 3. The zero-order chi connectivity index (χ0) is 14.4. The molecule has 2 aliphatic rings. The Morgan fingerprint density at radius 3 is 2.80 bits per heavy atom. The molecule has 116 valence electrons. The van der Waals surface area contributed by atoms with E-state index in [9.17, 15) is 4.79 Å². The molecule has 0 aromatic heterocycles. The summed E-state index contributed by atoms with van der Waals surface area (Å²) in [5.74, 6) is 0.168. The third kappa shape index (κ3) is 3.93. The van der Waals surface area contributed by atoms with E-state index in [1.165, 1.54) is 0 Å². The molecule has 2 fully saturated rings. The Morgan fingerprint density at radius 1 is 1.40 bits per heavy atom. The molecule has 0 aliphatic carbocycles. The number of hydrogen-bond acceptors (Lipinski definition) is 4. The molecule has 2 unspecified atom stereocenters. The van der Waals surface area contributed by atoms with Crippen LogP contribution >= 0.6 is 0 Å². The van der Waals surface area contributed by atoms with Crippen molar-refractivity contribution in [3.05, 3.63) is 0 Å². The van der Waals surface area contributed by atoms with Crippen LogP contribution in [0.4, 0.5) is 0 Å². The third-order valence-corrected chi connectivity index (χ3v) is 4.69. The molecular weight excluding hydrogens is 254 g/mol. The predicted molar refractivity (Wildman–Crippen MR) is 79.5 cm³/mol. The second kappa shape index (κ2) is 7.96. The summed E-state index contributed by atoms with van der Waals surface area (Å²) in [5, 5.41) is 15.5. The maximum absolute atomic E-state index is 12.5. The minimum atomic E-state index is 0.0471. The van der Waals surface area contributed by atoms with E-state index in [1.807, 2.05) is 0 Å². The van der Waals surface area contributed by atoms with Crippen LogP contribution in [0.1, 0.15) is 45.4 Å². The molecule has 0 aromatic carbocycles. The molecule has 20 heavy (non-hydrogen) atoms. The van der Waals surface area contributed by atoms with Gasteiger partial charge < -0.3 is 15.7 Å². The van der Waals surface area contributed by atoms with E-state index in [0.29, 0.717) is 12.5 Å². The summed E-state index contributed by atoms with van der Waals surface area (Å²) in [7, 11) is 0. The molecule has 1 amide bonds. The van der Waals surface area contributed by atoms with Crippen LogP contribution < -0.4 is 10.6 Å². The van der Waals surface area contributed by atoms with Gasteiger partial charge in [-0.15, -0.1) is 0 Å². The van der Waals surface area contributed by atoms with Crippen molar-refractivity contribution < 1.29 is 9.90 Å². The number of amides is 1. The average Bonchev–Trinajstić information content (AvgIpc) is 2.97. The molecule has 5 heteroatoms. The van der Waals surface area contributed by atoms with Gasteiger partial charge in [0.25, 0.3) is 0 Å². The van der Waals surface area contributed by atoms with Crippen molar-refractivity contribution in [3.8, 4) is 0 Å². The van der Waals surface area contributed by atoms with Crippen LogP contribution in [0, 0.1) is 0 Å². The SMILES string of the molecule is CCC(CCO)NC(=O)C1CCCN1C1CCNCC1. The summed E-state index contributed by atoms with van der Waals surface area (Å²) in [6.07, 6.45) is 5.94. The number of aliphatic hydroxyl groups is 1. The minimum absolute atomic E-state index is 0.0471. The van der Waals surface area contributed by atoms with Crippen LogP contribution in [0.2, 0.25) is 0 Å². The van der Waals surface area contributed by atoms with Crippen LogP contribution in [0.25, 0.3) is 0 Å². The zero-order valence-electron chi connectivity index (χ0n) is 12.6. The Labute approximate surface area is 122 Å². The average molecular weight is 283 g/mol. The second-order valence-corrected chi connectivity index (χ2v) is 6.00. The molecule has 0 aromatic rings. The van der Waals surface area contributed by atoms with Gasteiger partial charge in [0.05, 0.1) is 6.04 Å². The lowest BCUT2D eigenvalue weighted by Gasteiger charge is -2.35. The van der Waals surface area contributed by atoms with Gasteiger partial charge in [-0.05, 0) is 58.2 Å². The summed E-state index contributed by atoms with van der Waals surface area (Å²) in [4.78, 5) is 14.9. The highest BCUT2D eigenvalue weighted by Crippen LogP contribution is 2.24. The number of rotatable bonds is 6. The van der Waals surface area contributed by atoms with Crippen LogP contribution in [0.15, 0.2) is 0 Å². The molecular formula is C15H29N3O2. The highest BCUT2D eigenvalue weighted by atomic mass is 16.3. The summed E-state index contributed by atoms with van der Waals surface area (Å²) >= 11 is 0. The lowest BCUT2D eigenvalue weighted by molar-refractivity contribution is -0.127. The molecule has 0 radical (unpaired) electrons. The van der Waals surface area contributed by atoms with Gasteiger partial charge in [0.15, 0.2) is 0 Å². The Balaban J connectivity index is 1.90. The van der Waals surface area contributed by atoms with E-state index in [2.05, 4.69) is 22.5 Å². The molecule has 2 rings (SSSR count). The fourth-order valence-corrected chi connectivity index (χ4v) is 3.48. The van der Waals surface area contributed by atoms with Gasteiger partial charge >= 0.3 is 0 Å². The van der Waals surface area contributed by atoms with Crippen LogP contribution in [-0.2, 0) is 4.79 Å². The van der Waals surface area contributed by atoms with Gasteiger partial charge in [-0.3, -0.25) is 9.69 Å². The molecule has 2 atom stereocenters. The first kappa shape index (κ1) is 15.7. The zero-order valence-corrected chi connectivity index (χ0v) is 12.6. The van der Waals surface area contributed by atoms with Crippen molar-refractivity contribution in [1.82, 2.24) is 15.5 Å². The van der Waals surface area contributed by atoms with Gasteiger partial charge in [-0.25, -0.2) is 0 Å². The molecule has 2 saturated heterocycles. The molecule has 0 saturated carbocycles. The summed E-state index contributed by atoms with van der Waals surface area (Å²) in [5.41, 5.74) is 0. The molecule has 2 heterocycles. The molecule has 5 nitrogen and oxygen atoms in total. The molecule has 0 bridgehead atoms. The van der Waals surface area contributed by atoms with Crippen LogP contribution in [-0.4, -0.2) is 60.3 Å². The van der Waals surface area contributed by atoms with Gasteiger partial charge in [-0.2, -0.15) is 0 Å². The lowest BCUT2D eigenvalue weighted by atomic mass is 10.0. The van der Waals surface area contributed by atoms with Gasteiger partial charge in [0.1, 0.15) is 0 Å². The Kier molecular flexibility index (Phi) is 6.26. The number of carbonyl (C=O) groups excluding carboxylic acids is 1. The van der Waals surface area contributed by atoms with Crippen molar-refractivity contribution in [2.24, 2.45) is 0 Å². The van der Waals surface area contributed by atoms with Gasteiger partial charge in [0.2, 0.25) is 5.91 Å². The van der Waals surface area contributed by atoms with Crippen molar-refractivity contribution >= 4 is 5.91 Å². The van der Waals surface area contributed by atoms with E-state index in [-0.39, 0.29) is 24.6 Å². The van der Waals surface area contributed by atoms with Crippen molar-refractivity contribution in [1.29, 1.82) is 0 Å². The highest BCUT2D eigenvalue weighted by Gasteiger charge is 2.36. The summed E-state index contributed by atoms with van der Waals surface area (Å²) in [6, 6.07) is 0.723. The van der Waals surface area contributed by atoms with Crippen molar-refractivity contribution in [2.45, 2.75) is 63.6 Å². The van der Waals surface area contributed by atoms with Gasteiger partial charge in [0, 0.05) is 18.7 Å². The number of carbonyl (C=O) groups is 1. The molecule has 0 spiro atoms. The number of likely N-dealkylation sites (tertiary alicyclic amines) is 1. The topological polar surface area (TPSA) is 64.6 Å². The number of piperidine rings is 1. The number of nitrogens with one attached hydrogen (secondary N) is 2.